The lowest BCUT2D eigenvalue weighted by atomic mass is 9.78. The number of aromatic nitrogens is 1. The van der Waals surface area contributed by atoms with Gasteiger partial charge in [0.1, 0.15) is 0 Å². The van der Waals surface area contributed by atoms with Gasteiger partial charge in [0.05, 0.1) is 11.0 Å². The maximum atomic E-state index is 10.3. The summed E-state index contributed by atoms with van der Waals surface area (Å²) in [7, 11) is 0.560. The molecule has 0 saturated heterocycles. The Hall–Kier alpha value is -2.56. The van der Waals surface area contributed by atoms with E-state index in [9.17, 15) is 5.02 Å². The van der Waals surface area contributed by atoms with E-state index >= 15 is 0 Å². The van der Waals surface area contributed by atoms with Crippen molar-refractivity contribution in [3.63, 3.8) is 0 Å². The molecule has 0 amide bonds. The van der Waals surface area contributed by atoms with Crippen LogP contribution in [0.4, 0.5) is 0 Å². The van der Waals surface area contributed by atoms with E-state index in [1.807, 2.05) is 42.5 Å². The van der Waals surface area contributed by atoms with E-state index in [0.29, 0.717) is 0 Å². The van der Waals surface area contributed by atoms with Crippen molar-refractivity contribution in [3.05, 3.63) is 72.8 Å². The lowest BCUT2D eigenvalue weighted by Crippen LogP contribution is -2.33. The molecule has 1 aromatic heterocycles. The first-order chi connectivity index (χ1) is 11.3. The molecule has 0 spiro atoms. The van der Waals surface area contributed by atoms with Crippen LogP contribution >= 0.6 is 0 Å². The highest BCUT2D eigenvalue weighted by molar-refractivity contribution is 6.63. The van der Waals surface area contributed by atoms with Gasteiger partial charge in [0.2, 0.25) is 0 Å². The molecular weight excluding hydrogens is 285 g/mol. The molecule has 0 saturated carbocycles. The Morgan fingerprint density at radius 3 is 2.30 bits per heavy atom. The second-order valence-electron chi connectivity index (χ2n) is 5.52. The summed E-state index contributed by atoms with van der Waals surface area (Å²) in [5, 5.41) is 12.6. The number of rotatable bonds is 3. The van der Waals surface area contributed by atoms with E-state index in [4.69, 9.17) is 4.65 Å². The van der Waals surface area contributed by atoms with Crippen molar-refractivity contribution in [1.82, 2.24) is 4.57 Å². The minimum absolute atomic E-state index is 0.769. The third-order valence-corrected chi connectivity index (χ3v) is 4.23. The quantitative estimate of drug-likeness (QED) is 0.590. The van der Waals surface area contributed by atoms with Gasteiger partial charge in [0.25, 0.3) is 0 Å². The third-order valence-electron chi connectivity index (χ3n) is 4.23. The topological polar surface area (TPSA) is 34.4 Å². The standard InChI is InChI=1S/C19H16BNO2/c1-23-20(22)17-12-7-11-16-15-10-5-6-13-18(15)21(19(16)17)14-8-3-2-4-9-14/h2-13,22H,1H3. The monoisotopic (exact) mass is 301 g/mol. The summed E-state index contributed by atoms with van der Waals surface area (Å²) in [4.78, 5) is 0. The predicted octanol–water partition coefficient (Wildman–Crippen LogP) is 3.12. The maximum Gasteiger partial charge on any atom is 0.493 e. The van der Waals surface area contributed by atoms with E-state index in [0.717, 1.165) is 33.0 Å². The Morgan fingerprint density at radius 2 is 1.52 bits per heavy atom. The molecular formula is C19H16BNO2. The van der Waals surface area contributed by atoms with Crippen molar-refractivity contribution in [1.29, 1.82) is 0 Å². The fourth-order valence-corrected chi connectivity index (χ4v) is 3.22. The Kier molecular flexibility index (Phi) is 3.41. The first-order valence-corrected chi connectivity index (χ1v) is 7.59. The highest BCUT2D eigenvalue weighted by Crippen LogP contribution is 2.30. The first kappa shape index (κ1) is 14.1. The molecule has 3 aromatic carbocycles. The average molecular weight is 301 g/mol. The summed E-state index contributed by atoms with van der Waals surface area (Å²) in [6.45, 7) is 0. The minimum atomic E-state index is -0.953. The van der Waals surface area contributed by atoms with Gasteiger partial charge in [-0.25, -0.2) is 0 Å². The molecule has 0 aliphatic carbocycles. The van der Waals surface area contributed by atoms with E-state index in [1.54, 1.807) is 0 Å². The van der Waals surface area contributed by atoms with Crippen molar-refractivity contribution in [2.45, 2.75) is 0 Å². The second kappa shape index (κ2) is 5.58. The number of benzene rings is 3. The van der Waals surface area contributed by atoms with Crippen LogP contribution in [0.3, 0.4) is 0 Å². The lowest BCUT2D eigenvalue weighted by molar-refractivity contribution is 0.342. The highest BCUT2D eigenvalue weighted by Gasteiger charge is 2.22. The molecule has 4 aromatic rings. The van der Waals surface area contributed by atoms with Crippen LogP contribution in [0.15, 0.2) is 72.8 Å². The van der Waals surface area contributed by atoms with E-state index in [2.05, 4.69) is 34.9 Å². The van der Waals surface area contributed by atoms with Crippen LogP contribution < -0.4 is 5.46 Å². The maximum absolute atomic E-state index is 10.3. The SMILES string of the molecule is COB(O)c1cccc2c3ccccc3n(-c3ccccc3)c12. The van der Waals surface area contributed by atoms with Crippen LogP contribution in [-0.2, 0) is 4.65 Å². The van der Waals surface area contributed by atoms with Gasteiger partial charge in [-0.15, -0.1) is 0 Å². The van der Waals surface area contributed by atoms with Gasteiger partial charge in [-0.2, -0.15) is 0 Å². The number of fused-ring (bicyclic) bond motifs is 3. The molecule has 0 unspecified atom stereocenters. The number of hydrogen-bond donors (Lipinski definition) is 1. The van der Waals surface area contributed by atoms with Gasteiger partial charge < -0.3 is 14.2 Å². The fraction of sp³-hybridized carbons (Fsp3) is 0.0526. The molecule has 0 atom stereocenters. The van der Waals surface area contributed by atoms with Crippen molar-refractivity contribution < 1.29 is 9.68 Å². The molecule has 3 nitrogen and oxygen atoms in total. The molecule has 0 bridgehead atoms. The molecule has 4 heteroatoms. The molecule has 0 radical (unpaired) electrons. The normalized spacial score (nSPS) is 11.2. The summed E-state index contributed by atoms with van der Waals surface area (Å²) in [5.41, 5.74) is 3.93. The van der Waals surface area contributed by atoms with Gasteiger partial charge in [-0.1, -0.05) is 54.6 Å². The molecule has 23 heavy (non-hydrogen) atoms. The minimum Gasteiger partial charge on any atom is -0.423 e. The zero-order chi connectivity index (χ0) is 15.8. The van der Waals surface area contributed by atoms with E-state index < -0.39 is 7.12 Å². The summed E-state index contributed by atoms with van der Waals surface area (Å²) < 4.78 is 7.36. The van der Waals surface area contributed by atoms with Crippen LogP contribution in [0.2, 0.25) is 0 Å². The largest absolute Gasteiger partial charge is 0.493 e. The Labute approximate surface area is 134 Å². The number of nitrogens with zero attached hydrogens (tertiary/aromatic N) is 1. The molecule has 1 N–H and O–H groups in total. The molecule has 4 rings (SSSR count). The Bertz CT molecular complexity index is 979. The molecule has 112 valence electrons. The van der Waals surface area contributed by atoms with Crippen molar-refractivity contribution in [3.8, 4) is 5.69 Å². The Balaban J connectivity index is 2.20. The zero-order valence-corrected chi connectivity index (χ0v) is 12.8. The van der Waals surface area contributed by atoms with Crippen LogP contribution in [-0.4, -0.2) is 23.8 Å². The molecule has 0 fully saturated rings. The number of para-hydroxylation sites is 3. The predicted molar refractivity (Wildman–Crippen MR) is 95.4 cm³/mol. The van der Waals surface area contributed by atoms with Crippen LogP contribution in [0.1, 0.15) is 0 Å². The van der Waals surface area contributed by atoms with Crippen LogP contribution in [0.25, 0.3) is 27.5 Å². The van der Waals surface area contributed by atoms with Gasteiger partial charge in [-0.05, 0) is 18.2 Å². The van der Waals surface area contributed by atoms with Crippen LogP contribution in [0.5, 0.6) is 0 Å². The fourth-order valence-electron chi connectivity index (χ4n) is 3.22. The van der Waals surface area contributed by atoms with Crippen LogP contribution in [0, 0.1) is 0 Å². The summed E-state index contributed by atoms with van der Waals surface area (Å²) in [6.07, 6.45) is 0. The van der Waals surface area contributed by atoms with Gasteiger partial charge in [0, 0.05) is 29.0 Å². The van der Waals surface area contributed by atoms with Crippen molar-refractivity contribution in [2.75, 3.05) is 7.11 Å². The number of hydrogen-bond acceptors (Lipinski definition) is 2. The highest BCUT2D eigenvalue weighted by atomic mass is 16.5. The first-order valence-electron chi connectivity index (χ1n) is 7.59. The van der Waals surface area contributed by atoms with Gasteiger partial charge in [0.15, 0.2) is 0 Å². The lowest BCUT2D eigenvalue weighted by Gasteiger charge is -2.12. The summed E-state index contributed by atoms with van der Waals surface area (Å²) >= 11 is 0. The zero-order valence-electron chi connectivity index (χ0n) is 12.8. The average Bonchev–Trinajstić information content (AvgIpc) is 2.96. The van der Waals surface area contributed by atoms with E-state index in [1.165, 1.54) is 7.11 Å². The van der Waals surface area contributed by atoms with E-state index in [-0.39, 0.29) is 0 Å². The smallest absolute Gasteiger partial charge is 0.423 e. The summed E-state index contributed by atoms with van der Waals surface area (Å²) in [5.74, 6) is 0. The van der Waals surface area contributed by atoms with Crippen molar-refractivity contribution in [2.24, 2.45) is 0 Å². The second-order valence-corrected chi connectivity index (χ2v) is 5.52. The van der Waals surface area contributed by atoms with Gasteiger partial charge >= 0.3 is 7.12 Å². The van der Waals surface area contributed by atoms with Gasteiger partial charge in [-0.3, -0.25) is 0 Å². The third kappa shape index (κ3) is 2.15. The van der Waals surface area contributed by atoms with Crippen molar-refractivity contribution >= 4 is 34.4 Å². The molecule has 1 heterocycles. The molecule has 0 aliphatic rings. The Morgan fingerprint density at radius 1 is 0.826 bits per heavy atom. The summed E-state index contributed by atoms with van der Waals surface area (Å²) in [6, 6.07) is 24.4. The molecule has 0 aliphatic heterocycles.